The van der Waals surface area contributed by atoms with Gasteiger partial charge in [0.05, 0.1) is 5.69 Å². The molecule has 0 spiro atoms. The third-order valence-corrected chi connectivity index (χ3v) is 3.79. The van der Waals surface area contributed by atoms with Crippen LogP contribution in [0.2, 0.25) is 0 Å². The number of hydrogen-bond acceptors (Lipinski definition) is 4. The molecule has 2 aromatic rings. The van der Waals surface area contributed by atoms with Crippen LogP contribution in [0.1, 0.15) is 30.2 Å². The molecule has 0 saturated carbocycles. The minimum atomic E-state index is -0.0827. The molecule has 0 radical (unpaired) electrons. The van der Waals surface area contributed by atoms with Crippen molar-refractivity contribution in [1.29, 1.82) is 0 Å². The van der Waals surface area contributed by atoms with Gasteiger partial charge < -0.3 is 11.1 Å². The third kappa shape index (κ3) is 4.15. The summed E-state index contributed by atoms with van der Waals surface area (Å²) in [5.74, 6) is -0.0827. The average Bonchev–Trinajstić information content (AvgIpc) is 2.87. The number of nitrogens with two attached hydrogens (primary N) is 1. The average molecular weight is 289 g/mol. The Balaban J connectivity index is 1.96. The Morgan fingerprint density at radius 3 is 2.65 bits per heavy atom. The van der Waals surface area contributed by atoms with Crippen molar-refractivity contribution in [2.75, 3.05) is 11.9 Å². The molecule has 0 bridgehead atoms. The van der Waals surface area contributed by atoms with Gasteiger partial charge in [0.25, 0.3) is 0 Å². The van der Waals surface area contributed by atoms with Gasteiger partial charge in [0.2, 0.25) is 5.91 Å². The van der Waals surface area contributed by atoms with E-state index in [0.717, 1.165) is 18.5 Å². The van der Waals surface area contributed by atoms with Crippen LogP contribution in [0.15, 0.2) is 29.6 Å². The summed E-state index contributed by atoms with van der Waals surface area (Å²) in [5, 5.41) is 5.38. The number of anilines is 1. The van der Waals surface area contributed by atoms with E-state index in [4.69, 9.17) is 5.73 Å². The highest BCUT2D eigenvalue weighted by molar-refractivity contribution is 7.13. The van der Waals surface area contributed by atoms with E-state index in [-0.39, 0.29) is 5.91 Å². The first-order valence-electron chi connectivity index (χ1n) is 6.73. The molecule has 106 valence electrons. The molecule has 1 heterocycles. The summed E-state index contributed by atoms with van der Waals surface area (Å²) >= 11 is 1.45. The highest BCUT2D eigenvalue weighted by atomic mass is 32.1. The van der Waals surface area contributed by atoms with Gasteiger partial charge in [-0.25, -0.2) is 4.98 Å². The van der Waals surface area contributed by atoms with Crippen molar-refractivity contribution < 1.29 is 4.79 Å². The normalized spacial score (nSPS) is 10.5. The highest BCUT2D eigenvalue weighted by Crippen LogP contribution is 2.18. The minimum Gasteiger partial charge on any atom is -0.330 e. The molecule has 1 aromatic carbocycles. The Morgan fingerprint density at radius 1 is 1.30 bits per heavy atom. The molecule has 5 heteroatoms. The van der Waals surface area contributed by atoms with Gasteiger partial charge in [-0.1, -0.05) is 31.2 Å². The predicted molar refractivity (Wildman–Crippen MR) is 83.0 cm³/mol. The van der Waals surface area contributed by atoms with Crippen LogP contribution in [0.5, 0.6) is 0 Å². The lowest BCUT2D eigenvalue weighted by Crippen LogP contribution is -2.16. The van der Waals surface area contributed by atoms with Gasteiger partial charge in [-0.05, 0) is 17.5 Å². The molecular formula is C15H19N3OS. The fraction of sp³-hybridized carbons (Fsp3) is 0.333. The minimum absolute atomic E-state index is 0.0827. The van der Waals surface area contributed by atoms with Crippen molar-refractivity contribution in [3.63, 3.8) is 0 Å². The number of nitrogens with one attached hydrogen (secondary N) is 1. The molecule has 1 aromatic heterocycles. The largest absolute Gasteiger partial charge is 0.330 e. The van der Waals surface area contributed by atoms with Crippen molar-refractivity contribution >= 4 is 22.4 Å². The van der Waals surface area contributed by atoms with Crippen molar-refractivity contribution in [2.45, 2.75) is 26.2 Å². The Morgan fingerprint density at radius 2 is 2.00 bits per heavy atom. The summed E-state index contributed by atoms with van der Waals surface area (Å²) in [6.07, 6.45) is 2.16. The molecule has 0 aliphatic carbocycles. The molecule has 0 atom stereocenters. The van der Waals surface area contributed by atoms with Gasteiger partial charge in [0, 0.05) is 24.8 Å². The van der Waals surface area contributed by atoms with Crippen LogP contribution >= 0.6 is 11.3 Å². The van der Waals surface area contributed by atoms with Gasteiger partial charge in [-0.15, -0.1) is 11.3 Å². The maximum absolute atomic E-state index is 11.4. The van der Waals surface area contributed by atoms with Crippen LogP contribution in [0.4, 0.5) is 5.13 Å². The number of aromatic nitrogens is 1. The van der Waals surface area contributed by atoms with Crippen LogP contribution in [0, 0.1) is 0 Å². The monoisotopic (exact) mass is 289 g/mol. The van der Waals surface area contributed by atoms with Crippen molar-refractivity contribution in [2.24, 2.45) is 5.73 Å². The van der Waals surface area contributed by atoms with E-state index >= 15 is 0 Å². The molecule has 0 aliphatic heterocycles. The smallest absolute Gasteiger partial charge is 0.227 e. The lowest BCUT2D eigenvalue weighted by atomic mass is 10.1. The van der Waals surface area contributed by atoms with Crippen LogP contribution < -0.4 is 11.1 Å². The van der Waals surface area contributed by atoms with Gasteiger partial charge in [0.15, 0.2) is 5.13 Å². The molecule has 4 nitrogen and oxygen atoms in total. The fourth-order valence-corrected chi connectivity index (χ4v) is 2.59. The lowest BCUT2D eigenvalue weighted by molar-refractivity contribution is -0.116. The second kappa shape index (κ2) is 7.17. The number of nitrogens with zero attached hydrogens (tertiary/aromatic N) is 1. The Bertz CT molecular complexity index is 563. The van der Waals surface area contributed by atoms with E-state index in [9.17, 15) is 4.79 Å². The number of aryl methyl sites for hydroxylation is 1. The van der Waals surface area contributed by atoms with Crippen LogP contribution in [-0.4, -0.2) is 17.4 Å². The number of benzene rings is 1. The quantitative estimate of drug-likeness (QED) is 0.859. The summed E-state index contributed by atoms with van der Waals surface area (Å²) in [4.78, 5) is 15.8. The number of carbonyl (C=O) groups excluding carboxylic acids is 1. The number of thiazole rings is 1. The fourth-order valence-electron chi connectivity index (χ4n) is 1.86. The topological polar surface area (TPSA) is 68.0 Å². The second-order valence-electron chi connectivity index (χ2n) is 4.58. The summed E-state index contributed by atoms with van der Waals surface area (Å²) in [5.41, 5.74) is 8.87. The molecule has 0 saturated heterocycles. The van der Waals surface area contributed by atoms with Crippen LogP contribution in [0.3, 0.4) is 0 Å². The van der Waals surface area contributed by atoms with E-state index in [1.54, 1.807) is 0 Å². The molecule has 20 heavy (non-hydrogen) atoms. The zero-order valence-electron chi connectivity index (χ0n) is 11.6. The molecule has 0 fully saturated rings. The van der Waals surface area contributed by atoms with E-state index < -0.39 is 0 Å². The summed E-state index contributed by atoms with van der Waals surface area (Å²) in [6.45, 7) is 2.50. The maximum atomic E-state index is 11.4. The summed E-state index contributed by atoms with van der Waals surface area (Å²) < 4.78 is 0. The van der Waals surface area contributed by atoms with Gasteiger partial charge in [-0.2, -0.15) is 0 Å². The van der Waals surface area contributed by atoms with E-state index in [0.29, 0.717) is 18.1 Å². The number of carbonyl (C=O) groups is 1. The zero-order valence-corrected chi connectivity index (χ0v) is 12.4. The molecule has 2 rings (SSSR count). The summed E-state index contributed by atoms with van der Waals surface area (Å²) in [6, 6.07) is 8.55. The lowest BCUT2D eigenvalue weighted by Gasteiger charge is -2.01. The first kappa shape index (κ1) is 14.7. The SMILES string of the molecule is CCc1ccc(Cc2csc(NC(=O)CCN)n2)cc1. The molecule has 3 N–H and O–H groups in total. The predicted octanol–water partition coefficient (Wildman–Crippen LogP) is 2.58. The Hall–Kier alpha value is -1.72. The second-order valence-corrected chi connectivity index (χ2v) is 5.44. The van der Waals surface area contributed by atoms with Gasteiger partial charge in [-0.3, -0.25) is 4.79 Å². The molecule has 0 unspecified atom stereocenters. The van der Waals surface area contributed by atoms with E-state index in [1.807, 2.05) is 5.38 Å². The van der Waals surface area contributed by atoms with Crippen LogP contribution in [0.25, 0.3) is 0 Å². The molecule has 1 amide bonds. The molecule has 0 aliphatic rings. The maximum Gasteiger partial charge on any atom is 0.227 e. The van der Waals surface area contributed by atoms with Gasteiger partial charge >= 0.3 is 0 Å². The zero-order chi connectivity index (χ0) is 14.4. The number of amides is 1. The molecular weight excluding hydrogens is 270 g/mol. The first-order chi connectivity index (χ1) is 9.71. The third-order valence-electron chi connectivity index (χ3n) is 2.99. The Kier molecular flexibility index (Phi) is 5.26. The summed E-state index contributed by atoms with van der Waals surface area (Å²) in [7, 11) is 0. The van der Waals surface area contributed by atoms with Crippen molar-refractivity contribution in [1.82, 2.24) is 4.98 Å². The van der Waals surface area contributed by atoms with E-state index in [2.05, 4.69) is 41.5 Å². The highest BCUT2D eigenvalue weighted by Gasteiger charge is 2.06. The van der Waals surface area contributed by atoms with Crippen LogP contribution in [-0.2, 0) is 17.6 Å². The standard InChI is InChI=1S/C15H19N3OS/c1-2-11-3-5-12(6-4-11)9-13-10-20-15(17-13)18-14(19)7-8-16/h3-6,10H,2,7-9,16H2,1H3,(H,17,18,19). The first-order valence-corrected chi connectivity index (χ1v) is 7.61. The Labute approximate surface area is 123 Å². The van der Waals surface area contributed by atoms with Crippen molar-refractivity contribution in [3.8, 4) is 0 Å². The van der Waals surface area contributed by atoms with Crippen molar-refractivity contribution in [3.05, 3.63) is 46.5 Å². The van der Waals surface area contributed by atoms with E-state index in [1.165, 1.54) is 22.5 Å². The number of rotatable bonds is 6. The van der Waals surface area contributed by atoms with Gasteiger partial charge in [0.1, 0.15) is 0 Å². The number of hydrogen-bond donors (Lipinski definition) is 2.